The Morgan fingerprint density at radius 3 is 2.54 bits per heavy atom. The second-order valence-electron chi connectivity index (χ2n) is 6.93. The number of piperazine rings is 1. The molecule has 2 heterocycles. The molecule has 0 saturated carbocycles. The summed E-state index contributed by atoms with van der Waals surface area (Å²) in [5.74, 6) is 0. The van der Waals surface area contributed by atoms with E-state index < -0.39 is 0 Å². The van der Waals surface area contributed by atoms with Gasteiger partial charge in [0, 0.05) is 47.4 Å². The molecule has 1 fully saturated rings. The molecule has 138 valence electrons. The minimum atomic E-state index is 0.323. The molecule has 2 aromatic rings. The monoisotopic (exact) mass is 389 g/mol. The lowest BCUT2D eigenvalue weighted by atomic mass is 10.2. The molecular weight excluding hydrogens is 365 g/mol. The molecule has 0 bridgehead atoms. The SMILES string of the molecule is CN1CCN(CCCN2c3ccccc3Sc3ccc(SF)cc32)CC1. The van der Waals surface area contributed by atoms with E-state index in [2.05, 4.69) is 46.0 Å². The number of anilines is 2. The summed E-state index contributed by atoms with van der Waals surface area (Å²) in [6.07, 6.45) is 1.11. The van der Waals surface area contributed by atoms with Crippen LogP contribution in [0.1, 0.15) is 6.42 Å². The Morgan fingerprint density at radius 2 is 1.73 bits per heavy atom. The van der Waals surface area contributed by atoms with Crippen LogP contribution in [0.15, 0.2) is 57.2 Å². The van der Waals surface area contributed by atoms with E-state index >= 15 is 0 Å². The molecule has 0 aliphatic carbocycles. The lowest BCUT2D eigenvalue weighted by Gasteiger charge is -2.35. The second kappa shape index (κ2) is 8.21. The van der Waals surface area contributed by atoms with Gasteiger partial charge in [-0.1, -0.05) is 23.9 Å². The molecule has 6 heteroatoms. The zero-order valence-corrected chi connectivity index (χ0v) is 16.7. The van der Waals surface area contributed by atoms with E-state index in [9.17, 15) is 3.89 Å². The third-order valence-corrected chi connectivity index (χ3v) is 6.70. The van der Waals surface area contributed by atoms with Gasteiger partial charge in [-0.3, -0.25) is 0 Å². The maximum atomic E-state index is 13.1. The number of likely N-dealkylation sites (N-methyl/N-ethyl adjacent to an activating group) is 1. The van der Waals surface area contributed by atoms with Crippen LogP contribution in [0.25, 0.3) is 0 Å². The molecule has 2 aliphatic rings. The summed E-state index contributed by atoms with van der Waals surface area (Å²) >= 11 is 2.10. The Morgan fingerprint density at radius 1 is 0.962 bits per heavy atom. The number of hydrogen-bond acceptors (Lipinski definition) is 5. The molecule has 3 nitrogen and oxygen atoms in total. The van der Waals surface area contributed by atoms with Gasteiger partial charge in [0.05, 0.1) is 23.5 Å². The molecule has 0 aromatic heterocycles. The van der Waals surface area contributed by atoms with Crippen molar-refractivity contribution in [2.45, 2.75) is 21.1 Å². The van der Waals surface area contributed by atoms with Crippen LogP contribution in [0, 0.1) is 0 Å². The largest absolute Gasteiger partial charge is 0.340 e. The molecule has 2 aromatic carbocycles. The van der Waals surface area contributed by atoms with Crippen molar-refractivity contribution in [3.05, 3.63) is 42.5 Å². The summed E-state index contributed by atoms with van der Waals surface area (Å²) in [6, 6.07) is 14.4. The van der Waals surface area contributed by atoms with E-state index in [1.807, 2.05) is 18.2 Å². The Kier molecular flexibility index (Phi) is 5.74. The van der Waals surface area contributed by atoms with Gasteiger partial charge in [0.25, 0.3) is 0 Å². The molecule has 0 atom stereocenters. The fourth-order valence-corrected chi connectivity index (χ4v) is 4.97. The number of hydrogen-bond donors (Lipinski definition) is 0. The average molecular weight is 390 g/mol. The van der Waals surface area contributed by atoms with E-state index in [1.54, 1.807) is 11.8 Å². The number of nitrogens with zero attached hydrogens (tertiary/aromatic N) is 3. The predicted octanol–water partition coefficient (Wildman–Crippen LogP) is 4.90. The van der Waals surface area contributed by atoms with Gasteiger partial charge in [0.15, 0.2) is 0 Å². The first-order valence-corrected chi connectivity index (χ1v) is 10.7. The van der Waals surface area contributed by atoms with Crippen LogP contribution in [0.5, 0.6) is 0 Å². The number of para-hydroxylation sites is 1. The van der Waals surface area contributed by atoms with E-state index in [-0.39, 0.29) is 0 Å². The molecule has 2 aliphatic heterocycles. The van der Waals surface area contributed by atoms with Crippen LogP contribution in [-0.2, 0) is 0 Å². The Labute approximate surface area is 163 Å². The third-order valence-electron chi connectivity index (χ3n) is 5.14. The Hall–Kier alpha value is -1.21. The first-order chi connectivity index (χ1) is 12.7. The van der Waals surface area contributed by atoms with Crippen LogP contribution in [0.4, 0.5) is 15.3 Å². The smallest absolute Gasteiger partial charge is 0.0812 e. The van der Waals surface area contributed by atoms with E-state index in [4.69, 9.17) is 0 Å². The van der Waals surface area contributed by atoms with E-state index in [1.165, 1.54) is 15.5 Å². The zero-order valence-electron chi connectivity index (χ0n) is 15.0. The minimum absolute atomic E-state index is 0.323. The number of halogens is 1. The highest BCUT2D eigenvalue weighted by molar-refractivity contribution is 7.99. The van der Waals surface area contributed by atoms with E-state index in [0.717, 1.165) is 51.4 Å². The molecule has 0 spiro atoms. The number of rotatable bonds is 5. The zero-order chi connectivity index (χ0) is 17.9. The molecule has 1 saturated heterocycles. The first-order valence-electron chi connectivity index (χ1n) is 9.12. The second-order valence-corrected chi connectivity index (χ2v) is 8.64. The number of fused-ring (bicyclic) bond motifs is 2. The molecule has 0 unspecified atom stereocenters. The van der Waals surface area contributed by atoms with Gasteiger partial charge in [-0.25, -0.2) is 0 Å². The van der Waals surface area contributed by atoms with Crippen LogP contribution < -0.4 is 4.90 Å². The van der Waals surface area contributed by atoms with Crippen LogP contribution in [0.2, 0.25) is 0 Å². The third kappa shape index (κ3) is 3.88. The van der Waals surface area contributed by atoms with Crippen molar-refractivity contribution >= 4 is 35.3 Å². The highest BCUT2D eigenvalue weighted by Crippen LogP contribution is 2.49. The first kappa shape index (κ1) is 18.2. The molecule has 26 heavy (non-hydrogen) atoms. The summed E-state index contributed by atoms with van der Waals surface area (Å²) in [5, 5.41) is 0. The summed E-state index contributed by atoms with van der Waals surface area (Å²) in [6.45, 7) is 6.69. The lowest BCUT2D eigenvalue weighted by Crippen LogP contribution is -2.45. The fraction of sp³-hybridized carbons (Fsp3) is 0.400. The van der Waals surface area contributed by atoms with Crippen LogP contribution in [-0.4, -0.2) is 56.1 Å². The highest BCUT2D eigenvalue weighted by Gasteiger charge is 2.24. The predicted molar refractivity (Wildman–Crippen MR) is 110 cm³/mol. The summed E-state index contributed by atoms with van der Waals surface area (Å²) in [5.41, 5.74) is 2.37. The van der Waals surface area contributed by atoms with Crippen molar-refractivity contribution in [2.75, 3.05) is 51.2 Å². The normalized spacial score (nSPS) is 17.8. The van der Waals surface area contributed by atoms with Gasteiger partial charge in [-0.15, -0.1) is 0 Å². The average Bonchev–Trinajstić information content (AvgIpc) is 2.68. The highest BCUT2D eigenvalue weighted by atomic mass is 32.2. The maximum Gasteiger partial charge on any atom is 0.0812 e. The topological polar surface area (TPSA) is 9.72 Å². The number of benzene rings is 2. The van der Waals surface area contributed by atoms with Gasteiger partial charge >= 0.3 is 0 Å². The maximum absolute atomic E-state index is 13.1. The Bertz CT molecular complexity index is 762. The van der Waals surface area contributed by atoms with Crippen molar-refractivity contribution < 1.29 is 3.89 Å². The summed E-state index contributed by atoms with van der Waals surface area (Å²) in [4.78, 5) is 10.5. The van der Waals surface area contributed by atoms with Gasteiger partial charge < -0.3 is 14.7 Å². The molecular formula is C20H24FN3S2. The quantitative estimate of drug-likeness (QED) is 0.717. The van der Waals surface area contributed by atoms with Gasteiger partial charge in [0.2, 0.25) is 0 Å². The molecule has 0 N–H and O–H groups in total. The van der Waals surface area contributed by atoms with Gasteiger partial charge in [-0.05, 0) is 50.3 Å². The summed E-state index contributed by atoms with van der Waals surface area (Å²) in [7, 11) is 2.19. The standard InChI is InChI=1S/C20H24FN3S2/c1-22-11-13-23(14-12-22)9-4-10-24-17-5-2-3-6-19(17)25-20-8-7-16(26-21)15-18(20)24/h2-3,5-8,15H,4,9-14H2,1H3. The van der Waals surface area contributed by atoms with E-state index in [0.29, 0.717) is 17.0 Å². The Balaban J connectivity index is 1.51. The van der Waals surface area contributed by atoms with Crippen molar-refractivity contribution in [1.82, 2.24) is 9.80 Å². The van der Waals surface area contributed by atoms with Crippen molar-refractivity contribution in [3.63, 3.8) is 0 Å². The van der Waals surface area contributed by atoms with Gasteiger partial charge in [-0.2, -0.15) is 3.89 Å². The van der Waals surface area contributed by atoms with Crippen LogP contribution in [0.3, 0.4) is 0 Å². The minimum Gasteiger partial charge on any atom is -0.340 e. The fourth-order valence-electron chi connectivity index (χ4n) is 3.62. The van der Waals surface area contributed by atoms with Crippen molar-refractivity contribution in [3.8, 4) is 0 Å². The molecule has 0 amide bonds. The van der Waals surface area contributed by atoms with Crippen LogP contribution >= 0.6 is 23.9 Å². The van der Waals surface area contributed by atoms with Crippen molar-refractivity contribution in [1.29, 1.82) is 0 Å². The lowest BCUT2D eigenvalue weighted by molar-refractivity contribution is 0.153. The molecule has 4 rings (SSSR count). The van der Waals surface area contributed by atoms with Gasteiger partial charge in [0.1, 0.15) is 0 Å². The molecule has 0 radical (unpaired) electrons. The van der Waals surface area contributed by atoms with Crippen molar-refractivity contribution in [2.24, 2.45) is 0 Å². The summed E-state index contributed by atoms with van der Waals surface area (Å²) < 4.78 is 13.1.